The summed E-state index contributed by atoms with van der Waals surface area (Å²) in [5, 5.41) is 8.80. The summed E-state index contributed by atoms with van der Waals surface area (Å²) in [6, 6.07) is 7.09. The van der Waals surface area contributed by atoms with E-state index in [1.54, 1.807) is 25.3 Å². The van der Waals surface area contributed by atoms with Crippen LogP contribution < -0.4 is 20.2 Å². The third kappa shape index (κ3) is 3.74. The van der Waals surface area contributed by atoms with Gasteiger partial charge in [-0.1, -0.05) is 0 Å². The number of nitrogens with zero attached hydrogens (tertiary/aromatic N) is 1. The van der Waals surface area contributed by atoms with E-state index in [4.69, 9.17) is 14.2 Å². The molecule has 25 heavy (non-hydrogen) atoms. The molecule has 2 heterocycles. The predicted octanol–water partition coefficient (Wildman–Crippen LogP) is 2.84. The number of hydrogen-bond acceptors (Lipinski definition) is 7. The number of amides is 1. The maximum Gasteiger partial charge on any atom is 0.255 e. The highest BCUT2D eigenvalue weighted by Crippen LogP contribution is 2.29. The molecule has 0 aliphatic carbocycles. The van der Waals surface area contributed by atoms with E-state index in [0.29, 0.717) is 23.1 Å². The Morgan fingerprint density at radius 2 is 2.08 bits per heavy atom. The molecule has 2 N–H and O–H groups in total. The van der Waals surface area contributed by atoms with E-state index in [1.165, 1.54) is 24.5 Å². The lowest BCUT2D eigenvalue weighted by molar-refractivity contribution is -0.112. The highest BCUT2D eigenvalue weighted by Gasteiger charge is 2.19. The van der Waals surface area contributed by atoms with Gasteiger partial charge in [0.05, 0.1) is 25.2 Å². The molecule has 0 saturated heterocycles. The molecule has 0 unspecified atom stereocenters. The van der Waals surface area contributed by atoms with E-state index < -0.39 is 0 Å². The number of benzene rings is 1. The van der Waals surface area contributed by atoms with Gasteiger partial charge in [0, 0.05) is 11.8 Å². The van der Waals surface area contributed by atoms with Crippen molar-refractivity contribution >= 4 is 28.8 Å². The number of aryl methyl sites for hydroxylation is 1. The fourth-order valence-corrected chi connectivity index (χ4v) is 3.07. The summed E-state index contributed by atoms with van der Waals surface area (Å²) in [7, 11) is 3.09. The van der Waals surface area contributed by atoms with Crippen molar-refractivity contribution in [1.29, 1.82) is 0 Å². The molecular formula is C17H17N3O4S. The summed E-state index contributed by atoms with van der Waals surface area (Å²) in [5.74, 6) is 1.48. The first kappa shape index (κ1) is 16.8. The largest absolute Gasteiger partial charge is 0.493 e. The van der Waals surface area contributed by atoms with Crippen molar-refractivity contribution in [3.63, 3.8) is 0 Å². The van der Waals surface area contributed by atoms with Gasteiger partial charge in [0.2, 0.25) is 5.88 Å². The van der Waals surface area contributed by atoms with Gasteiger partial charge in [0.1, 0.15) is 0 Å². The molecule has 8 heteroatoms. The molecule has 7 nitrogen and oxygen atoms in total. The van der Waals surface area contributed by atoms with Gasteiger partial charge in [0.15, 0.2) is 11.5 Å². The number of carbonyl (C=O) groups excluding carboxylic acids is 1. The standard InChI is InChI=1S/C17H17N3O4S/c1-10-6-7-25-16(10)17-20-19-15(24-17)9-14(21)18-11-4-5-12(22-2)13(8-11)23-3/h4-9,19H,1-3H3,(H,18,21). The summed E-state index contributed by atoms with van der Waals surface area (Å²) in [6.45, 7) is 1.98. The summed E-state index contributed by atoms with van der Waals surface area (Å²) >= 11 is 1.53. The van der Waals surface area contributed by atoms with E-state index in [9.17, 15) is 4.79 Å². The minimum absolute atomic E-state index is 0.265. The Hall–Kier alpha value is -3.00. The Morgan fingerprint density at radius 1 is 1.28 bits per heavy atom. The van der Waals surface area contributed by atoms with Crippen LogP contribution in [0.5, 0.6) is 11.5 Å². The molecule has 1 aromatic heterocycles. The maximum atomic E-state index is 12.2. The number of hydrogen-bond donors (Lipinski definition) is 2. The quantitative estimate of drug-likeness (QED) is 0.803. The Bertz CT molecular complexity index is 857. The smallest absolute Gasteiger partial charge is 0.255 e. The van der Waals surface area contributed by atoms with Crippen molar-refractivity contribution in [2.75, 3.05) is 19.5 Å². The fourth-order valence-electron chi connectivity index (χ4n) is 2.22. The van der Waals surface area contributed by atoms with Crippen LogP contribution in [0.3, 0.4) is 0 Å². The van der Waals surface area contributed by atoms with Gasteiger partial charge in [-0.25, -0.2) is 5.43 Å². The first-order valence-corrected chi connectivity index (χ1v) is 8.29. The number of carbonyl (C=O) groups is 1. The van der Waals surface area contributed by atoms with Gasteiger partial charge >= 0.3 is 0 Å². The van der Waals surface area contributed by atoms with Crippen LogP contribution in [-0.4, -0.2) is 26.0 Å². The second-order valence-electron chi connectivity index (χ2n) is 5.13. The topological polar surface area (TPSA) is 81.2 Å². The summed E-state index contributed by atoms with van der Waals surface area (Å²) < 4.78 is 16.0. The lowest BCUT2D eigenvalue weighted by Crippen LogP contribution is -2.12. The predicted molar refractivity (Wildman–Crippen MR) is 96.1 cm³/mol. The lowest BCUT2D eigenvalue weighted by atomic mass is 10.2. The van der Waals surface area contributed by atoms with Crippen LogP contribution in [0.15, 0.2) is 46.7 Å². The molecule has 0 radical (unpaired) electrons. The third-order valence-corrected chi connectivity index (χ3v) is 4.45. The van der Waals surface area contributed by atoms with Crippen LogP contribution in [0.4, 0.5) is 5.69 Å². The van der Waals surface area contributed by atoms with E-state index in [-0.39, 0.29) is 11.8 Å². The van der Waals surface area contributed by atoms with E-state index in [1.807, 2.05) is 18.4 Å². The number of hydrazone groups is 1. The molecule has 1 aliphatic rings. The van der Waals surface area contributed by atoms with Crippen LogP contribution in [0, 0.1) is 6.92 Å². The minimum Gasteiger partial charge on any atom is -0.493 e. The molecule has 0 fully saturated rings. The van der Waals surface area contributed by atoms with Crippen LogP contribution in [0.2, 0.25) is 0 Å². The van der Waals surface area contributed by atoms with Gasteiger partial charge in [0.25, 0.3) is 11.8 Å². The van der Waals surface area contributed by atoms with Gasteiger partial charge in [-0.15, -0.1) is 16.4 Å². The Morgan fingerprint density at radius 3 is 2.76 bits per heavy atom. The van der Waals surface area contributed by atoms with Crippen molar-refractivity contribution < 1.29 is 19.0 Å². The van der Waals surface area contributed by atoms with Gasteiger partial charge in [-0.2, -0.15) is 0 Å². The number of thiophene rings is 1. The highest BCUT2D eigenvalue weighted by atomic mass is 32.1. The van der Waals surface area contributed by atoms with Crippen molar-refractivity contribution in [2.45, 2.75) is 6.92 Å². The molecule has 130 valence electrons. The van der Waals surface area contributed by atoms with Crippen molar-refractivity contribution in [2.24, 2.45) is 5.10 Å². The molecule has 2 aromatic rings. The zero-order valence-electron chi connectivity index (χ0n) is 14.0. The molecule has 0 saturated carbocycles. The van der Waals surface area contributed by atoms with Crippen molar-refractivity contribution in [3.05, 3.63) is 52.0 Å². The van der Waals surface area contributed by atoms with Crippen molar-refractivity contribution in [1.82, 2.24) is 5.43 Å². The Kier molecular flexibility index (Phi) is 4.90. The second kappa shape index (κ2) is 7.27. The van der Waals surface area contributed by atoms with Crippen molar-refractivity contribution in [3.8, 4) is 11.5 Å². The monoisotopic (exact) mass is 359 g/mol. The summed E-state index contributed by atoms with van der Waals surface area (Å²) in [6.07, 6.45) is 1.30. The molecule has 0 spiro atoms. The summed E-state index contributed by atoms with van der Waals surface area (Å²) in [5.41, 5.74) is 4.36. The minimum atomic E-state index is -0.353. The average molecular weight is 359 g/mol. The Labute approximate surface area is 148 Å². The zero-order valence-corrected chi connectivity index (χ0v) is 14.8. The summed E-state index contributed by atoms with van der Waals surface area (Å²) in [4.78, 5) is 13.1. The van der Waals surface area contributed by atoms with E-state index in [0.717, 1.165) is 10.4 Å². The third-order valence-electron chi connectivity index (χ3n) is 3.44. The first-order valence-electron chi connectivity index (χ1n) is 7.41. The van der Waals surface area contributed by atoms with E-state index >= 15 is 0 Å². The van der Waals surface area contributed by atoms with Crippen LogP contribution in [0.1, 0.15) is 10.4 Å². The SMILES string of the molecule is COc1ccc(NC(=O)C=C2NN=C(c3sccc3C)O2)cc1OC. The lowest BCUT2D eigenvalue weighted by Gasteiger charge is -2.09. The molecular weight excluding hydrogens is 342 g/mol. The number of nitrogens with one attached hydrogen (secondary N) is 2. The average Bonchev–Trinajstić information content (AvgIpc) is 3.23. The molecule has 1 aliphatic heterocycles. The normalized spacial score (nSPS) is 14.5. The number of methoxy groups -OCH3 is 2. The molecule has 1 aromatic carbocycles. The van der Waals surface area contributed by atoms with Crippen LogP contribution >= 0.6 is 11.3 Å². The number of ether oxygens (including phenoxy) is 3. The van der Waals surface area contributed by atoms with Crippen LogP contribution in [-0.2, 0) is 9.53 Å². The number of rotatable bonds is 5. The molecule has 3 rings (SSSR count). The molecule has 0 bridgehead atoms. The molecule has 1 amide bonds. The highest BCUT2D eigenvalue weighted by molar-refractivity contribution is 7.12. The van der Waals surface area contributed by atoms with E-state index in [2.05, 4.69) is 15.8 Å². The van der Waals surface area contributed by atoms with Gasteiger partial charge < -0.3 is 19.5 Å². The number of anilines is 1. The second-order valence-corrected chi connectivity index (χ2v) is 6.05. The van der Waals surface area contributed by atoms with Gasteiger partial charge in [-0.3, -0.25) is 4.79 Å². The fraction of sp³-hybridized carbons (Fsp3) is 0.176. The Balaban J connectivity index is 1.65. The zero-order chi connectivity index (χ0) is 17.8. The van der Waals surface area contributed by atoms with Crippen LogP contribution in [0.25, 0.3) is 0 Å². The van der Waals surface area contributed by atoms with Gasteiger partial charge in [-0.05, 0) is 36.1 Å². The first-order chi connectivity index (χ1) is 12.1. The molecule has 0 atom stereocenters. The maximum absolute atomic E-state index is 12.2.